The highest BCUT2D eigenvalue weighted by atomic mass is 16.1. The van der Waals surface area contributed by atoms with Gasteiger partial charge in [0.05, 0.1) is 0 Å². The second-order valence-corrected chi connectivity index (χ2v) is 5.00. The van der Waals surface area contributed by atoms with Gasteiger partial charge in [-0.15, -0.1) is 0 Å². The summed E-state index contributed by atoms with van der Waals surface area (Å²) in [5.74, 6) is -0.519. The maximum absolute atomic E-state index is 10.3. The first kappa shape index (κ1) is 18.2. The molecular formula is C16H26N2O2. The van der Waals surface area contributed by atoms with Crippen LogP contribution in [0, 0.1) is 13.8 Å². The van der Waals surface area contributed by atoms with Crippen LogP contribution in [-0.2, 0) is 9.59 Å². The summed E-state index contributed by atoms with van der Waals surface area (Å²) in [7, 11) is 0. The van der Waals surface area contributed by atoms with Gasteiger partial charge in [-0.05, 0) is 26.7 Å². The monoisotopic (exact) mass is 278 g/mol. The van der Waals surface area contributed by atoms with Crippen molar-refractivity contribution in [2.24, 2.45) is 11.5 Å². The van der Waals surface area contributed by atoms with Crippen molar-refractivity contribution in [3.63, 3.8) is 0 Å². The topological polar surface area (TPSA) is 86.2 Å². The molecule has 1 rings (SSSR count). The van der Waals surface area contributed by atoms with Gasteiger partial charge in [0.25, 0.3) is 0 Å². The van der Waals surface area contributed by atoms with E-state index in [1.165, 1.54) is 11.1 Å². The molecule has 0 radical (unpaired) electrons. The zero-order chi connectivity index (χ0) is 15.4. The summed E-state index contributed by atoms with van der Waals surface area (Å²) < 4.78 is 0. The second kappa shape index (κ2) is 11.0. The van der Waals surface area contributed by atoms with E-state index in [0.29, 0.717) is 12.8 Å². The van der Waals surface area contributed by atoms with Crippen LogP contribution in [0.5, 0.6) is 0 Å². The van der Waals surface area contributed by atoms with Crippen LogP contribution in [-0.4, -0.2) is 11.8 Å². The SMILES string of the molecule is Cc1cccc(C)c1.NC(=O)CCCCCCC(N)=O. The number of carbonyl (C=O) groups is 2. The number of carbonyl (C=O) groups excluding carboxylic acids is 2. The summed E-state index contributed by atoms with van der Waals surface area (Å²) in [5.41, 5.74) is 12.6. The Bertz CT molecular complexity index is 381. The number of primary amides is 2. The highest BCUT2D eigenvalue weighted by Gasteiger charge is 1.96. The van der Waals surface area contributed by atoms with Crippen molar-refractivity contribution < 1.29 is 9.59 Å². The molecule has 2 amide bonds. The zero-order valence-corrected chi connectivity index (χ0v) is 12.5. The van der Waals surface area contributed by atoms with Gasteiger partial charge in [-0.1, -0.05) is 48.2 Å². The van der Waals surface area contributed by atoms with Crippen LogP contribution in [0.1, 0.15) is 49.7 Å². The minimum Gasteiger partial charge on any atom is -0.370 e. The van der Waals surface area contributed by atoms with Gasteiger partial charge in [-0.2, -0.15) is 0 Å². The predicted molar refractivity (Wildman–Crippen MR) is 82.0 cm³/mol. The van der Waals surface area contributed by atoms with Gasteiger partial charge >= 0.3 is 0 Å². The van der Waals surface area contributed by atoms with Crippen molar-refractivity contribution in [3.8, 4) is 0 Å². The van der Waals surface area contributed by atoms with E-state index in [2.05, 4.69) is 38.1 Å². The molecule has 1 aromatic rings. The quantitative estimate of drug-likeness (QED) is 0.751. The van der Waals surface area contributed by atoms with Gasteiger partial charge in [-0.3, -0.25) is 9.59 Å². The summed E-state index contributed by atoms with van der Waals surface area (Å²) >= 11 is 0. The fraction of sp³-hybridized carbons (Fsp3) is 0.500. The average molecular weight is 278 g/mol. The minimum atomic E-state index is -0.259. The van der Waals surface area contributed by atoms with Crippen LogP contribution < -0.4 is 11.5 Å². The molecule has 0 aliphatic heterocycles. The number of benzene rings is 1. The van der Waals surface area contributed by atoms with Crippen molar-refractivity contribution in [2.75, 3.05) is 0 Å². The van der Waals surface area contributed by atoms with E-state index in [0.717, 1.165) is 25.7 Å². The smallest absolute Gasteiger partial charge is 0.217 e. The van der Waals surface area contributed by atoms with Crippen molar-refractivity contribution in [3.05, 3.63) is 35.4 Å². The van der Waals surface area contributed by atoms with Gasteiger partial charge in [0, 0.05) is 12.8 Å². The second-order valence-electron chi connectivity index (χ2n) is 5.00. The Kier molecular flexibility index (Phi) is 10.0. The standard InChI is InChI=1S/C8H16N2O2.C8H10/c9-7(11)5-3-1-2-4-6-8(10)12;1-7-4-3-5-8(2)6-7/h1-6H2,(H2,9,11)(H2,10,12);3-6H,1-2H3. The molecule has 4 N–H and O–H groups in total. The molecule has 0 bridgehead atoms. The predicted octanol–water partition coefficient (Wildman–Crippen LogP) is 2.60. The first-order valence-electron chi connectivity index (χ1n) is 7.01. The Balaban J connectivity index is 0.000000388. The number of nitrogens with two attached hydrogens (primary N) is 2. The van der Waals surface area contributed by atoms with Crippen LogP contribution in [0.15, 0.2) is 24.3 Å². The Morgan fingerprint density at radius 1 is 0.850 bits per heavy atom. The fourth-order valence-electron chi connectivity index (χ4n) is 1.76. The number of amides is 2. The average Bonchev–Trinajstić information content (AvgIpc) is 2.33. The lowest BCUT2D eigenvalue weighted by atomic mass is 10.1. The van der Waals surface area contributed by atoms with Crippen LogP contribution in [0.3, 0.4) is 0 Å². The molecule has 0 unspecified atom stereocenters. The minimum absolute atomic E-state index is 0.259. The van der Waals surface area contributed by atoms with E-state index < -0.39 is 0 Å². The largest absolute Gasteiger partial charge is 0.370 e. The van der Waals surface area contributed by atoms with Crippen LogP contribution in [0.2, 0.25) is 0 Å². The van der Waals surface area contributed by atoms with Gasteiger partial charge in [-0.25, -0.2) is 0 Å². The number of hydrogen-bond donors (Lipinski definition) is 2. The first-order chi connectivity index (χ1) is 9.41. The van der Waals surface area contributed by atoms with E-state index >= 15 is 0 Å². The molecule has 0 heterocycles. The van der Waals surface area contributed by atoms with Gasteiger partial charge in [0.1, 0.15) is 0 Å². The van der Waals surface area contributed by atoms with Crippen LogP contribution >= 0.6 is 0 Å². The number of rotatable bonds is 7. The lowest BCUT2D eigenvalue weighted by Gasteiger charge is -1.97. The third-order valence-electron chi connectivity index (χ3n) is 2.77. The zero-order valence-electron chi connectivity index (χ0n) is 12.5. The fourth-order valence-corrected chi connectivity index (χ4v) is 1.76. The molecular weight excluding hydrogens is 252 g/mol. The van der Waals surface area contributed by atoms with E-state index in [1.54, 1.807) is 0 Å². The van der Waals surface area contributed by atoms with Crippen molar-refractivity contribution >= 4 is 11.8 Å². The summed E-state index contributed by atoms with van der Waals surface area (Å²) in [6.07, 6.45) is 4.39. The van der Waals surface area contributed by atoms with Crippen molar-refractivity contribution in [2.45, 2.75) is 52.4 Å². The summed E-state index contributed by atoms with van der Waals surface area (Å²) in [6.45, 7) is 4.21. The van der Waals surface area contributed by atoms with E-state index in [4.69, 9.17) is 11.5 Å². The van der Waals surface area contributed by atoms with E-state index in [9.17, 15) is 9.59 Å². The highest BCUT2D eigenvalue weighted by Crippen LogP contribution is 2.04. The number of hydrogen-bond acceptors (Lipinski definition) is 2. The summed E-state index contributed by atoms with van der Waals surface area (Å²) in [6, 6.07) is 8.45. The number of unbranched alkanes of at least 4 members (excludes halogenated alkanes) is 3. The van der Waals surface area contributed by atoms with Gasteiger partial charge < -0.3 is 11.5 Å². The third-order valence-corrected chi connectivity index (χ3v) is 2.77. The lowest BCUT2D eigenvalue weighted by Crippen LogP contribution is -2.10. The molecule has 112 valence electrons. The van der Waals surface area contributed by atoms with Crippen LogP contribution in [0.4, 0.5) is 0 Å². The molecule has 0 saturated carbocycles. The Hall–Kier alpha value is -1.84. The van der Waals surface area contributed by atoms with Crippen LogP contribution in [0.25, 0.3) is 0 Å². The normalized spacial score (nSPS) is 9.50. The van der Waals surface area contributed by atoms with Crippen molar-refractivity contribution in [1.29, 1.82) is 0 Å². The Morgan fingerprint density at radius 3 is 1.50 bits per heavy atom. The maximum atomic E-state index is 10.3. The van der Waals surface area contributed by atoms with Gasteiger partial charge in [0.15, 0.2) is 0 Å². The number of aryl methyl sites for hydroxylation is 2. The molecule has 1 aromatic carbocycles. The highest BCUT2D eigenvalue weighted by molar-refractivity contribution is 5.74. The first-order valence-corrected chi connectivity index (χ1v) is 7.01. The summed E-state index contributed by atoms with van der Waals surface area (Å²) in [5, 5.41) is 0. The third kappa shape index (κ3) is 12.6. The van der Waals surface area contributed by atoms with E-state index in [1.807, 2.05) is 0 Å². The lowest BCUT2D eigenvalue weighted by molar-refractivity contribution is -0.119. The Labute approximate surface area is 121 Å². The Morgan fingerprint density at radius 2 is 1.25 bits per heavy atom. The molecule has 20 heavy (non-hydrogen) atoms. The molecule has 4 nitrogen and oxygen atoms in total. The maximum Gasteiger partial charge on any atom is 0.217 e. The molecule has 0 fully saturated rings. The molecule has 0 aliphatic rings. The van der Waals surface area contributed by atoms with E-state index in [-0.39, 0.29) is 11.8 Å². The molecule has 4 heteroatoms. The molecule has 0 spiro atoms. The van der Waals surface area contributed by atoms with Crippen molar-refractivity contribution in [1.82, 2.24) is 0 Å². The molecule has 0 atom stereocenters. The summed E-state index contributed by atoms with van der Waals surface area (Å²) in [4.78, 5) is 20.6. The molecule has 0 aliphatic carbocycles. The molecule has 0 saturated heterocycles. The molecule has 0 aromatic heterocycles. The van der Waals surface area contributed by atoms with Gasteiger partial charge in [0.2, 0.25) is 11.8 Å².